The molecule has 5 aromatic rings. The van der Waals surface area contributed by atoms with Gasteiger partial charge in [0.1, 0.15) is 59.1 Å². The minimum atomic E-state index is -2.08. The Kier molecular flexibility index (Phi) is 18.5. The van der Waals surface area contributed by atoms with E-state index >= 15 is 14.4 Å². The summed E-state index contributed by atoms with van der Waals surface area (Å²) in [4.78, 5) is 116. The van der Waals surface area contributed by atoms with Crippen molar-refractivity contribution in [1.82, 2.24) is 21.3 Å². The summed E-state index contributed by atoms with van der Waals surface area (Å²) in [5, 5.41) is 66.4. The number of hydrogen-bond acceptors (Lipinski definition) is 16. The highest BCUT2D eigenvalue weighted by atomic mass is 35.5. The highest BCUT2D eigenvalue weighted by molar-refractivity contribution is 6.32. The summed E-state index contributed by atoms with van der Waals surface area (Å²) >= 11 is 13.9. The molecule has 9 unspecified atom stereocenters. The smallest absolute Gasteiger partial charge is 0.330 e. The molecule has 5 heterocycles. The Morgan fingerprint density at radius 3 is 1.98 bits per heavy atom. The first-order chi connectivity index (χ1) is 39.4. The van der Waals surface area contributed by atoms with Gasteiger partial charge in [-0.15, -0.1) is 0 Å². The molecule has 5 aromatic carbocycles. The van der Waals surface area contributed by atoms with Crippen molar-refractivity contribution in [1.29, 1.82) is 0 Å². The number of halogens is 2. The van der Waals surface area contributed by atoms with Crippen molar-refractivity contribution in [2.24, 2.45) is 23.5 Å². The third kappa shape index (κ3) is 13.1. The van der Waals surface area contributed by atoms with Gasteiger partial charge in [0.15, 0.2) is 29.1 Å². The van der Waals surface area contributed by atoms with Crippen molar-refractivity contribution in [3.05, 3.63) is 117 Å². The number of aromatic hydroxyl groups is 3. The summed E-state index contributed by atoms with van der Waals surface area (Å²) in [6.07, 6.45) is -5.07. The van der Waals surface area contributed by atoms with E-state index in [0.29, 0.717) is 12.8 Å². The fourth-order valence-corrected chi connectivity index (χ4v) is 11.1. The molecule has 22 nitrogen and oxygen atoms in total. The molecule has 83 heavy (non-hydrogen) atoms. The van der Waals surface area contributed by atoms with Crippen molar-refractivity contribution < 1.29 is 82.8 Å². The van der Waals surface area contributed by atoms with E-state index in [1.807, 2.05) is 13.8 Å². The number of hydrogen-bond donors (Lipinski definition) is 10. The number of nitrogens with two attached hydrogens (primary N) is 1. The number of Topliss-reactive ketones (excluding diaryl/α,β-unsaturated/α-hetero) is 2. The molecule has 5 aliphatic rings. The number of benzene rings is 5. The van der Waals surface area contributed by atoms with Gasteiger partial charge in [-0.2, -0.15) is 0 Å². The van der Waals surface area contributed by atoms with E-state index in [2.05, 4.69) is 21.3 Å². The number of primary amides is 1. The van der Waals surface area contributed by atoms with Gasteiger partial charge in [-0.1, -0.05) is 62.2 Å². The van der Waals surface area contributed by atoms with Crippen LogP contribution in [0.15, 0.2) is 78.9 Å². The van der Waals surface area contributed by atoms with E-state index in [0.717, 1.165) is 18.2 Å². The third-order valence-corrected chi connectivity index (χ3v) is 15.3. The van der Waals surface area contributed by atoms with Crippen LogP contribution in [0.3, 0.4) is 0 Å². The van der Waals surface area contributed by atoms with Crippen LogP contribution >= 0.6 is 23.2 Å². The second kappa shape index (κ2) is 25.4. The van der Waals surface area contributed by atoms with Crippen LogP contribution in [0.2, 0.25) is 10.0 Å². The number of rotatable bonds is 11. The van der Waals surface area contributed by atoms with Gasteiger partial charge < -0.3 is 71.5 Å². The summed E-state index contributed by atoms with van der Waals surface area (Å²) in [5.74, 6) is -15.2. The van der Waals surface area contributed by atoms with Gasteiger partial charge in [0.05, 0.1) is 28.5 Å². The Morgan fingerprint density at radius 2 is 1.39 bits per heavy atom. The second-order valence-electron chi connectivity index (χ2n) is 20.9. The van der Waals surface area contributed by atoms with Crippen LogP contribution in [-0.4, -0.2) is 98.4 Å². The van der Waals surface area contributed by atoms with Crippen LogP contribution in [0.25, 0.3) is 11.1 Å². The second-order valence-corrected chi connectivity index (χ2v) is 21.7. The number of aliphatic hydroxyl groups excluding tert-OH is 1. The first-order valence-electron chi connectivity index (χ1n) is 26.5. The van der Waals surface area contributed by atoms with Gasteiger partial charge in [0, 0.05) is 55.0 Å². The molecule has 0 aromatic heterocycles. The highest BCUT2D eigenvalue weighted by Gasteiger charge is 2.42. The first-order valence-corrected chi connectivity index (χ1v) is 27.3. The number of fused-ring (bicyclic) bond motifs is 15. The lowest BCUT2D eigenvalue weighted by molar-refractivity contribution is -0.143. The van der Waals surface area contributed by atoms with Crippen molar-refractivity contribution in [2.45, 2.75) is 102 Å². The van der Waals surface area contributed by atoms with Gasteiger partial charge in [0.2, 0.25) is 35.3 Å². The zero-order valence-electron chi connectivity index (χ0n) is 45.5. The van der Waals surface area contributed by atoms with Crippen LogP contribution in [0.4, 0.5) is 0 Å². The number of aliphatic carboxylic acids is 1. The molecule has 9 atom stereocenters. The van der Waals surface area contributed by atoms with Crippen LogP contribution in [0.1, 0.15) is 118 Å². The number of amides is 5. The predicted molar refractivity (Wildman–Crippen MR) is 298 cm³/mol. The Hall–Kier alpha value is -8.44. The van der Waals surface area contributed by atoms with Gasteiger partial charge in [-0.05, 0) is 103 Å². The molecule has 438 valence electrons. The van der Waals surface area contributed by atoms with E-state index in [9.17, 15) is 49.5 Å². The monoisotopic (exact) mass is 1180 g/mol. The minimum absolute atomic E-state index is 0.0286. The SMILES string of the molecule is CCOc1c2cc3cc1Oc1ccc(cc1Cl)C(OC)C1NC(=O)C(CC(=O)C3NC(=O)C(CC(N)=O)CC(=O)C(NC(=O)C(CC)CC(C)C)C(O)c3ccc(c(Cl)c3)O2)c2ccc(O)c(c2)-c2c(O)cc(O)cc2C(C(=O)O)NC1=O. The molecule has 0 aliphatic carbocycles. The van der Waals surface area contributed by atoms with Crippen LogP contribution < -0.4 is 41.2 Å². The maximum atomic E-state index is 15.7. The van der Waals surface area contributed by atoms with Crippen LogP contribution in [0, 0.1) is 17.8 Å². The Balaban J connectivity index is 1.39. The molecule has 24 heteroatoms. The predicted octanol–water partition coefficient (Wildman–Crippen LogP) is 7.16. The molecule has 11 N–H and O–H groups in total. The van der Waals surface area contributed by atoms with Crippen molar-refractivity contribution in [3.63, 3.8) is 0 Å². The van der Waals surface area contributed by atoms with Crippen molar-refractivity contribution in [2.75, 3.05) is 13.7 Å². The first kappa shape index (κ1) is 60.7. The third-order valence-electron chi connectivity index (χ3n) is 14.7. The van der Waals surface area contributed by atoms with E-state index in [1.165, 1.54) is 67.8 Å². The lowest BCUT2D eigenvalue weighted by atomic mass is 9.84. The molecule has 5 aliphatic heterocycles. The van der Waals surface area contributed by atoms with E-state index in [1.54, 1.807) is 13.8 Å². The summed E-state index contributed by atoms with van der Waals surface area (Å²) in [6, 6.07) is 8.55. The zero-order valence-corrected chi connectivity index (χ0v) is 47.0. The summed E-state index contributed by atoms with van der Waals surface area (Å²) in [5.41, 5.74) is 4.55. The van der Waals surface area contributed by atoms with E-state index < -0.39 is 149 Å². The lowest BCUT2D eigenvalue weighted by Crippen LogP contribution is -2.53. The molecule has 5 amide bonds. The minimum Gasteiger partial charge on any atom is -0.508 e. The molecular formula is C59H61Cl2N5O17. The number of phenols is 3. The van der Waals surface area contributed by atoms with E-state index in [4.69, 9.17) is 47.9 Å². The molecule has 10 rings (SSSR count). The molecular weight excluding hydrogens is 1120 g/mol. The molecule has 0 fully saturated rings. The van der Waals surface area contributed by atoms with Crippen molar-refractivity contribution in [3.8, 4) is 57.1 Å². The number of carbonyl (C=O) groups excluding carboxylic acids is 7. The standard InChI is InChI=1S/C59H61Cl2N5O17/c1-6-26(14-25(3)4)55(74)65-50-40(70)18-31(21-46(62)72)56(75)63-48-30-19-44(82-42-12-9-28(52(50)73)16-36(42)60)54(81-7-2)45(20-30)83-43-13-10-29(17-37(43)61)53(80-5)51-58(77)64-49(59(78)79)35-22-32(67)23-39(69)47(35)34-15-27(8-11-38(34)68)33(24-41(48)71)57(76)66-51/h8-13,15-17,19-20,22-23,25-26,31,33,48-53,67-69,73H,6-7,14,18,21,24H2,1-5H3,(H2,62,72)(H,63,75)(H,64,77)(H,65,74)(H,66,76)(H,78,79). The fraction of sp³-hybridized carbons (Fsp3) is 0.356. The van der Waals surface area contributed by atoms with Crippen LogP contribution in [0.5, 0.6) is 46.0 Å². The number of carboxylic acid groups (broad SMARTS) is 1. The van der Waals surface area contributed by atoms with E-state index in [-0.39, 0.29) is 79.1 Å². The Labute approximate surface area is 485 Å². The molecule has 11 bridgehead atoms. The largest absolute Gasteiger partial charge is 0.508 e. The quantitative estimate of drug-likeness (QED) is 0.0627. The van der Waals surface area contributed by atoms with Gasteiger partial charge >= 0.3 is 5.97 Å². The average molecular weight is 1180 g/mol. The number of nitrogens with one attached hydrogen (secondary N) is 4. The summed E-state index contributed by atoms with van der Waals surface area (Å²) < 4.78 is 25.0. The topological polar surface area (TPSA) is 349 Å². The van der Waals surface area contributed by atoms with Crippen molar-refractivity contribution >= 4 is 70.3 Å². The van der Waals surface area contributed by atoms with Gasteiger partial charge in [0.25, 0.3) is 0 Å². The fourth-order valence-electron chi connectivity index (χ4n) is 10.6. The number of ketones is 2. The molecule has 0 radical (unpaired) electrons. The van der Waals surface area contributed by atoms with Crippen LogP contribution in [-0.2, 0) is 43.1 Å². The number of ether oxygens (including phenoxy) is 4. The maximum absolute atomic E-state index is 15.7. The summed E-state index contributed by atoms with van der Waals surface area (Å²) in [6.45, 7) is 7.24. The Bertz CT molecular complexity index is 3430. The lowest BCUT2D eigenvalue weighted by Gasteiger charge is -2.32. The summed E-state index contributed by atoms with van der Waals surface area (Å²) in [7, 11) is 1.19. The highest BCUT2D eigenvalue weighted by Crippen LogP contribution is 2.49. The zero-order chi connectivity index (χ0) is 60.3. The number of methoxy groups -OCH3 is 1. The normalized spacial score (nSPS) is 22.2. The number of phenolic OH excluding ortho intramolecular Hbond substituents is 3. The van der Waals surface area contributed by atoms with Gasteiger partial charge in [-0.3, -0.25) is 33.6 Å². The number of carboxylic acids is 1. The number of carbonyl (C=O) groups is 8. The Morgan fingerprint density at radius 1 is 0.747 bits per heavy atom. The molecule has 0 saturated heterocycles. The number of aliphatic hydroxyl groups is 1. The molecule has 0 spiro atoms. The molecule has 0 saturated carbocycles. The average Bonchev–Trinajstić information content (AvgIpc) is 2.92. The maximum Gasteiger partial charge on any atom is 0.330 e. The van der Waals surface area contributed by atoms with Gasteiger partial charge in [-0.25, -0.2) is 4.79 Å².